The third-order valence-corrected chi connectivity index (χ3v) is 9.37. The summed E-state index contributed by atoms with van der Waals surface area (Å²) in [7, 11) is 0. The predicted octanol–water partition coefficient (Wildman–Crippen LogP) is 7.67. The van der Waals surface area contributed by atoms with Crippen LogP contribution in [0.3, 0.4) is 0 Å². The van der Waals surface area contributed by atoms with Gasteiger partial charge < -0.3 is 20.5 Å². The van der Waals surface area contributed by atoms with Gasteiger partial charge in [0.05, 0.1) is 4.88 Å². The molecule has 0 unspecified atom stereocenters. The van der Waals surface area contributed by atoms with Gasteiger partial charge >= 0.3 is 12.3 Å². The molecule has 0 fully saturated rings. The zero-order valence-electron chi connectivity index (χ0n) is 28.1. The van der Waals surface area contributed by atoms with E-state index >= 15 is 0 Å². The largest absolute Gasteiger partial charge is 0.573 e. The Morgan fingerprint density at radius 2 is 1.29 bits per heavy atom. The van der Waals surface area contributed by atoms with Crippen LogP contribution in [0, 0.1) is 0 Å². The quantitative estimate of drug-likeness (QED) is 0.128. The molecule has 0 radical (unpaired) electrons. The van der Waals surface area contributed by atoms with E-state index in [1.165, 1.54) is 30.4 Å². The van der Waals surface area contributed by atoms with Crippen molar-refractivity contribution >= 4 is 29.1 Å². The topological polar surface area (TPSA) is 131 Å². The Hall–Kier alpha value is -5.56. The van der Waals surface area contributed by atoms with Crippen LogP contribution in [0.15, 0.2) is 97.3 Å². The average molecular weight is 717 g/mol. The normalized spacial score (nSPS) is 12.8. The van der Waals surface area contributed by atoms with Gasteiger partial charge in [-0.25, -0.2) is 9.97 Å². The van der Waals surface area contributed by atoms with Gasteiger partial charge in [0.25, 0.3) is 5.91 Å². The number of aromatic nitrogens is 2. The number of halogens is 3. The number of carbonyl (C=O) groups excluding carboxylic acids is 2. The maximum atomic E-state index is 13.2. The van der Waals surface area contributed by atoms with Crippen LogP contribution in [0.25, 0.3) is 33.6 Å². The summed E-state index contributed by atoms with van der Waals surface area (Å²) < 4.78 is 41.3. The number of carbonyl (C=O) groups is 3. The molecular formula is C38H35F3N4O5S. The van der Waals surface area contributed by atoms with Crippen molar-refractivity contribution in [2.24, 2.45) is 0 Å². The van der Waals surface area contributed by atoms with E-state index < -0.39 is 36.2 Å². The number of nitrogens with zero attached hydrogens (tertiary/aromatic N) is 2. The minimum Gasteiger partial charge on any atom is -0.480 e. The second-order valence-corrected chi connectivity index (χ2v) is 13.9. The van der Waals surface area contributed by atoms with E-state index in [1.54, 1.807) is 54.9 Å². The second-order valence-electron chi connectivity index (χ2n) is 12.9. The van der Waals surface area contributed by atoms with Gasteiger partial charge in [-0.15, -0.1) is 24.5 Å². The molecule has 2 amide bonds. The molecule has 5 rings (SSSR count). The molecule has 264 valence electrons. The number of carboxylic acid groups (broad SMARTS) is 1. The van der Waals surface area contributed by atoms with Gasteiger partial charge in [0, 0.05) is 34.8 Å². The Morgan fingerprint density at radius 3 is 1.80 bits per heavy atom. The van der Waals surface area contributed by atoms with Crippen molar-refractivity contribution in [2.75, 3.05) is 0 Å². The SMILES string of the molecule is C[C@@H](NC(=O)[C@H](Cc1ccc(-c2ncc(-c3ccc(-c4ccc(OC(F)(F)F)cc4)cc3)cn2)cc1)NC(=O)c1ccc(C(C)(C)C)s1)C(=O)O. The first-order chi connectivity index (χ1) is 24.1. The maximum Gasteiger partial charge on any atom is 0.573 e. The van der Waals surface area contributed by atoms with E-state index in [1.807, 2.05) is 51.1 Å². The lowest BCUT2D eigenvalue weighted by molar-refractivity contribution is -0.274. The minimum absolute atomic E-state index is 0.114. The lowest BCUT2D eigenvalue weighted by Gasteiger charge is -2.20. The molecule has 2 atom stereocenters. The highest BCUT2D eigenvalue weighted by molar-refractivity contribution is 7.14. The third-order valence-electron chi connectivity index (χ3n) is 7.86. The van der Waals surface area contributed by atoms with Crippen molar-refractivity contribution in [3.05, 3.63) is 113 Å². The molecular weight excluding hydrogens is 682 g/mol. The number of aliphatic carboxylic acids is 1. The molecule has 51 heavy (non-hydrogen) atoms. The van der Waals surface area contributed by atoms with Crippen LogP contribution in [0.2, 0.25) is 0 Å². The number of ether oxygens (including phenoxy) is 1. The van der Waals surface area contributed by atoms with Gasteiger partial charge in [-0.3, -0.25) is 14.4 Å². The van der Waals surface area contributed by atoms with E-state index in [0.717, 1.165) is 38.3 Å². The Bertz CT molecular complexity index is 1990. The van der Waals surface area contributed by atoms with Crippen molar-refractivity contribution in [1.29, 1.82) is 0 Å². The lowest BCUT2D eigenvalue weighted by atomic mass is 9.95. The summed E-state index contributed by atoms with van der Waals surface area (Å²) in [6, 6.07) is 21.7. The Labute approximate surface area is 296 Å². The summed E-state index contributed by atoms with van der Waals surface area (Å²) in [5.74, 6) is -2.06. The van der Waals surface area contributed by atoms with Crippen molar-refractivity contribution in [3.63, 3.8) is 0 Å². The van der Waals surface area contributed by atoms with Crippen molar-refractivity contribution < 1.29 is 37.4 Å². The number of thiophene rings is 1. The average Bonchev–Trinajstić information content (AvgIpc) is 3.60. The van der Waals surface area contributed by atoms with Crippen LogP contribution in [-0.2, 0) is 21.4 Å². The van der Waals surface area contributed by atoms with E-state index in [9.17, 15) is 32.7 Å². The van der Waals surface area contributed by atoms with Gasteiger partial charge in [-0.2, -0.15) is 0 Å². The molecule has 0 spiro atoms. The highest BCUT2D eigenvalue weighted by Crippen LogP contribution is 2.30. The van der Waals surface area contributed by atoms with E-state index in [4.69, 9.17) is 0 Å². The second kappa shape index (κ2) is 15.1. The number of hydrogen-bond acceptors (Lipinski definition) is 7. The van der Waals surface area contributed by atoms with Crippen LogP contribution >= 0.6 is 11.3 Å². The molecule has 2 aromatic heterocycles. The molecule has 9 nitrogen and oxygen atoms in total. The fourth-order valence-corrected chi connectivity index (χ4v) is 6.00. The first-order valence-electron chi connectivity index (χ1n) is 15.9. The van der Waals surface area contributed by atoms with Crippen LogP contribution in [-0.4, -0.2) is 51.3 Å². The van der Waals surface area contributed by atoms with Crippen LogP contribution < -0.4 is 15.4 Å². The van der Waals surface area contributed by atoms with Gasteiger partial charge in [-0.05, 0) is 58.9 Å². The van der Waals surface area contributed by atoms with Crippen molar-refractivity contribution in [2.45, 2.75) is 58.0 Å². The standard InChI is InChI=1S/C38H35F3N4O5S/c1-22(36(48)49)44-34(46)30(45-35(47)31-17-18-32(51-31)37(2,3)4)19-23-5-7-27(8-6-23)33-42-20-28(21-43-33)26-11-9-24(10-12-26)25-13-15-29(16-14-25)50-38(39,40)41/h5-18,20-22,30H,19H2,1-4H3,(H,44,46)(H,45,47)(H,48,49)/t22-,30+/m1/s1. The molecule has 0 aliphatic carbocycles. The molecule has 0 saturated carbocycles. The fraction of sp³-hybridized carbons (Fsp3) is 0.237. The molecule has 3 N–H and O–H groups in total. The highest BCUT2D eigenvalue weighted by atomic mass is 32.1. The van der Waals surface area contributed by atoms with Crippen LogP contribution in [0.5, 0.6) is 5.75 Å². The number of benzene rings is 3. The van der Waals surface area contributed by atoms with Crippen molar-refractivity contribution in [3.8, 4) is 39.4 Å². The molecule has 0 saturated heterocycles. The summed E-state index contributed by atoms with van der Waals surface area (Å²) in [5.41, 5.74) is 4.45. The minimum atomic E-state index is -4.75. The molecule has 2 heterocycles. The summed E-state index contributed by atoms with van der Waals surface area (Å²) in [6.45, 7) is 7.48. The molecule has 0 bridgehead atoms. The third kappa shape index (κ3) is 9.79. The molecule has 13 heteroatoms. The first-order valence-corrected chi connectivity index (χ1v) is 16.7. The summed E-state index contributed by atoms with van der Waals surface area (Å²) in [6.07, 6.45) is -1.27. The van der Waals surface area contributed by atoms with E-state index in [2.05, 4.69) is 25.3 Å². The lowest BCUT2D eigenvalue weighted by Crippen LogP contribution is -2.51. The number of rotatable bonds is 11. The number of alkyl halides is 3. The Kier molecular flexibility index (Phi) is 10.9. The molecule has 3 aromatic carbocycles. The number of nitrogens with one attached hydrogen (secondary N) is 2. The summed E-state index contributed by atoms with van der Waals surface area (Å²) in [5, 5.41) is 14.5. The van der Waals surface area contributed by atoms with Crippen LogP contribution in [0.1, 0.15) is 47.8 Å². The fourth-order valence-electron chi connectivity index (χ4n) is 5.03. The predicted molar refractivity (Wildman–Crippen MR) is 188 cm³/mol. The number of amides is 2. The Balaban J connectivity index is 1.26. The van der Waals surface area contributed by atoms with Gasteiger partial charge in [-0.1, -0.05) is 81.4 Å². The molecule has 5 aromatic rings. The molecule has 0 aliphatic heterocycles. The van der Waals surface area contributed by atoms with Gasteiger partial charge in [0.2, 0.25) is 5.91 Å². The van der Waals surface area contributed by atoms with Gasteiger partial charge in [0.15, 0.2) is 5.82 Å². The number of hydrogen-bond donors (Lipinski definition) is 3. The zero-order valence-corrected chi connectivity index (χ0v) is 28.9. The summed E-state index contributed by atoms with van der Waals surface area (Å²) in [4.78, 5) is 48.2. The summed E-state index contributed by atoms with van der Waals surface area (Å²) >= 11 is 1.34. The zero-order chi connectivity index (χ0) is 36.9. The monoisotopic (exact) mass is 716 g/mol. The first kappa shape index (κ1) is 36.7. The maximum absolute atomic E-state index is 13.2. The smallest absolute Gasteiger partial charge is 0.480 e. The highest BCUT2D eigenvalue weighted by Gasteiger charge is 2.31. The van der Waals surface area contributed by atoms with Crippen molar-refractivity contribution in [1.82, 2.24) is 20.6 Å². The molecule has 0 aliphatic rings. The Morgan fingerprint density at radius 1 is 0.765 bits per heavy atom. The van der Waals surface area contributed by atoms with E-state index in [0.29, 0.717) is 10.7 Å². The van der Waals surface area contributed by atoms with E-state index in [-0.39, 0.29) is 17.6 Å². The van der Waals surface area contributed by atoms with Crippen LogP contribution in [0.4, 0.5) is 13.2 Å². The van der Waals surface area contributed by atoms with Gasteiger partial charge in [0.1, 0.15) is 17.8 Å². The number of carboxylic acids is 1.